The number of nitrogens with zero attached hydrogens (tertiary/aromatic N) is 4. The van der Waals surface area contributed by atoms with E-state index in [1.54, 1.807) is 6.92 Å². The van der Waals surface area contributed by atoms with Crippen molar-refractivity contribution in [3.8, 4) is 0 Å². The summed E-state index contributed by atoms with van der Waals surface area (Å²) < 4.78 is 1.98. The lowest BCUT2D eigenvalue weighted by Gasteiger charge is -2.36. The summed E-state index contributed by atoms with van der Waals surface area (Å²) in [7, 11) is 0. The number of aromatic nitrogens is 2. The van der Waals surface area contributed by atoms with Gasteiger partial charge in [-0.15, -0.1) is 0 Å². The standard InChI is InChI=1S/C19H30N4O2/c1-13-9-20-23(10-13)18-7-15-11-22(12-16(15)8-19(18)25)17-3-5-21(6-4-17)14(2)24/h9-10,15-19,25H,3-8,11-12H2,1-2H3/t15-,16+,18-,19-/m0/s1. The molecule has 1 aromatic rings. The van der Waals surface area contributed by atoms with Crippen LogP contribution in [0.4, 0.5) is 0 Å². The smallest absolute Gasteiger partial charge is 0.219 e. The van der Waals surface area contributed by atoms with Gasteiger partial charge in [0.15, 0.2) is 0 Å². The first kappa shape index (κ1) is 17.0. The summed E-state index contributed by atoms with van der Waals surface area (Å²) in [6.45, 7) is 7.75. The van der Waals surface area contributed by atoms with Gasteiger partial charge in [-0.05, 0) is 50.0 Å². The summed E-state index contributed by atoms with van der Waals surface area (Å²) in [4.78, 5) is 16.1. The average Bonchev–Trinajstić information content (AvgIpc) is 3.20. The molecule has 2 aliphatic heterocycles. The fourth-order valence-electron chi connectivity index (χ4n) is 5.19. The van der Waals surface area contributed by atoms with Crippen LogP contribution in [0.25, 0.3) is 0 Å². The van der Waals surface area contributed by atoms with Gasteiger partial charge in [0.25, 0.3) is 0 Å². The van der Waals surface area contributed by atoms with Gasteiger partial charge in [0.05, 0.1) is 18.3 Å². The lowest BCUT2D eigenvalue weighted by atomic mass is 9.77. The van der Waals surface area contributed by atoms with Crippen molar-refractivity contribution in [3.63, 3.8) is 0 Å². The number of fused-ring (bicyclic) bond motifs is 1. The van der Waals surface area contributed by atoms with E-state index in [0.29, 0.717) is 17.9 Å². The maximum atomic E-state index is 11.5. The molecular formula is C19H30N4O2. The molecule has 4 atom stereocenters. The van der Waals surface area contributed by atoms with Crippen LogP contribution >= 0.6 is 0 Å². The highest BCUT2D eigenvalue weighted by Gasteiger charge is 2.44. The second-order valence-electron chi connectivity index (χ2n) is 8.32. The molecule has 1 N–H and O–H groups in total. The number of hydrogen-bond donors (Lipinski definition) is 1. The largest absolute Gasteiger partial charge is 0.391 e. The average molecular weight is 346 g/mol. The number of amides is 1. The van der Waals surface area contributed by atoms with Gasteiger partial charge in [-0.1, -0.05) is 0 Å². The zero-order chi connectivity index (χ0) is 17.6. The number of carbonyl (C=O) groups is 1. The van der Waals surface area contributed by atoms with Crippen molar-refractivity contribution in [2.24, 2.45) is 11.8 Å². The van der Waals surface area contributed by atoms with Crippen LogP contribution in [-0.4, -0.2) is 68.9 Å². The molecule has 2 saturated heterocycles. The molecule has 25 heavy (non-hydrogen) atoms. The fraction of sp³-hybridized carbons (Fsp3) is 0.789. The Bertz CT molecular complexity index is 623. The zero-order valence-electron chi connectivity index (χ0n) is 15.3. The Morgan fingerprint density at radius 3 is 2.48 bits per heavy atom. The lowest BCUT2D eigenvalue weighted by Crippen LogP contribution is -2.45. The van der Waals surface area contributed by atoms with Crippen LogP contribution in [0.2, 0.25) is 0 Å². The van der Waals surface area contributed by atoms with Gasteiger partial charge in [0.2, 0.25) is 5.91 Å². The third-order valence-electron chi connectivity index (χ3n) is 6.63. The van der Waals surface area contributed by atoms with Gasteiger partial charge in [0, 0.05) is 45.3 Å². The molecule has 3 heterocycles. The molecule has 3 fully saturated rings. The summed E-state index contributed by atoms with van der Waals surface area (Å²) in [6.07, 6.45) is 7.72. The summed E-state index contributed by atoms with van der Waals surface area (Å²) in [5.41, 5.74) is 1.15. The molecule has 0 spiro atoms. The van der Waals surface area contributed by atoms with Gasteiger partial charge in [-0.3, -0.25) is 14.4 Å². The van der Waals surface area contributed by atoms with Crippen LogP contribution in [-0.2, 0) is 4.79 Å². The van der Waals surface area contributed by atoms with E-state index in [1.165, 1.54) is 0 Å². The second-order valence-corrected chi connectivity index (χ2v) is 8.32. The second kappa shape index (κ2) is 6.72. The number of aliphatic hydroxyl groups excluding tert-OH is 1. The minimum Gasteiger partial charge on any atom is -0.391 e. The third kappa shape index (κ3) is 3.34. The van der Waals surface area contributed by atoms with Crippen LogP contribution in [0, 0.1) is 18.8 Å². The molecule has 0 bridgehead atoms. The molecule has 3 aliphatic rings. The Morgan fingerprint density at radius 2 is 1.88 bits per heavy atom. The Hall–Kier alpha value is -1.40. The number of hydrogen-bond acceptors (Lipinski definition) is 4. The summed E-state index contributed by atoms with van der Waals surface area (Å²) in [5, 5.41) is 15.1. The van der Waals surface area contributed by atoms with Gasteiger partial charge >= 0.3 is 0 Å². The maximum Gasteiger partial charge on any atom is 0.219 e. The number of aryl methyl sites for hydroxylation is 1. The molecular weight excluding hydrogens is 316 g/mol. The maximum absolute atomic E-state index is 11.5. The van der Waals surface area contributed by atoms with Crippen molar-refractivity contribution in [3.05, 3.63) is 18.0 Å². The lowest BCUT2D eigenvalue weighted by molar-refractivity contribution is -0.130. The van der Waals surface area contributed by atoms with Crippen molar-refractivity contribution >= 4 is 5.91 Å². The van der Waals surface area contributed by atoms with E-state index in [9.17, 15) is 9.90 Å². The molecule has 6 nitrogen and oxygen atoms in total. The van der Waals surface area contributed by atoms with Gasteiger partial charge in [0.1, 0.15) is 0 Å². The third-order valence-corrected chi connectivity index (χ3v) is 6.63. The fourth-order valence-corrected chi connectivity index (χ4v) is 5.19. The van der Waals surface area contributed by atoms with Crippen molar-refractivity contribution < 1.29 is 9.90 Å². The van der Waals surface area contributed by atoms with Crippen molar-refractivity contribution in [2.45, 2.75) is 57.7 Å². The summed E-state index contributed by atoms with van der Waals surface area (Å²) in [5.74, 6) is 1.46. The SMILES string of the molecule is CC(=O)N1CCC(N2C[C@H]3C[C@H](O)[C@@H](n4cc(C)cn4)C[C@H]3C2)CC1. The van der Waals surface area contributed by atoms with Crippen molar-refractivity contribution in [1.29, 1.82) is 0 Å². The molecule has 0 aromatic carbocycles. The Labute approximate surface area is 149 Å². The monoisotopic (exact) mass is 346 g/mol. The van der Waals surface area contributed by atoms with E-state index in [1.807, 2.05) is 22.7 Å². The van der Waals surface area contributed by atoms with Gasteiger partial charge in [-0.25, -0.2) is 0 Å². The summed E-state index contributed by atoms with van der Waals surface area (Å²) in [6, 6.07) is 0.721. The highest BCUT2D eigenvalue weighted by Crippen LogP contribution is 2.42. The highest BCUT2D eigenvalue weighted by atomic mass is 16.3. The minimum absolute atomic E-state index is 0.120. The van der Waals surface area contributed by atoms with E-state index < -0.39 is 0 Å². The quantitative estimate of drug-likeness (QED) is 0.880. The summed E-state index contributed by atoms with van der Waals surface area (Å²) >= 11 is 0. The number of carbonyl (C=O) groups excluding carboxylic acids is 1. The molecule has 4 rings (SSSR count). The first-order valence-electron chi connectivity index (χ1n) is 9.69. The molecule has 1 aromatic heterocycles. The normalized spacial score (nSPS) is 34.3. The Kier molecular flexibility index (Phi) is 4.58. The molecule has 138 valence electrons. The topological polar surface area (TPSA) is 61.6 Å². The van der Waals surface area contributed by atoms with Crippen LogP contribution in [0.3, 0.4) is 0 Å². The van der Waals surface area contributed by atoms with Crippen molar-refractivity contribution in [1.82, 2.24) is 19.6 Å². The zero-order valence-corrected chi connectivity index (χ0v) is 15.3. The number of likely N-dealkylation sites (tertiary alicyclic amines) is 2. The van der Waals surface area contributed by atoms with Crippen molar-refractivity contribution in [2.75, 3.05) is 26.2 Å². The minimum atomic E-state index is -0.292. The van der Waals surface area contributed by atoms with Crippen LogP contribution in [0.15, 0.2) is 12.4 Å². The predicted molar refractivity (Wildman–Crippen MR) is 95.1 cm³/mol. The number of aliphatic hydroxyl groups is 1. The van der Waals surface area contributed by atoms with E-state index >= 15 is 0 Å². The molecule has 1 saturated carbocycles. The van der Waals surface area contributed by atoms with Gasteiger partial charge in [-0.2, -0.15) is 5.10 Å². The van der Waals surface area contributed by atoms with E-state index in [2.05, 4.69) is 16.2 Å². The molecule has 0 unspecified atom stereocenters. The van der Waals surface area contributed by atoms with Gasteiger partial charge < -0.3 is 10.0 Å². The van der Waals surface area contributed by atoms with E-state index in [0.717, 1.165) is 57.4 Å². The molecule has 0 radical (unpaired) electrons. The van der Waals surface area contributed by atoms with Crippen LogP contribution in [0.1, 0.15) is 44.2 Å². The molecule has 1 amide bonds. The number of piperidine rings is 1. The Morgan fingerprint density at radius 1 is 1.20 bits per heavy atom. The number of rotatable bonds is 2. The van der Waals surface area contributed by atoms with Crippen LogP contribution in [0.5, 0.6) is 0 Å². The van der Waals surface area contributed by atoms with Crippen LogP contribution < -0.4 is 0 Å². The molecule has 6 heteroatoms. The Balaban J connectivity index is 1.38. The van der Waals surface area contributed by atoms with E-state index in [-0.39, 0.29) is 18.1 Å². The molecule has 1 aliphatic carbocycles. The van der Waals surface area contributed by atoms with E-state index in [4.69, 9.17) is 0 Å². The first-order chi connectivity index (χ1) is 12.0. The highest BCUT2D eigenvalue weighted by molar-refractivity contribution is 5.73. The predicted octanol–water partition coefficient (Wildman–Crippen LogP) is 1.45. The first-order valence-corrected chi connectivity index (χ1v) is 9.69.